The van der Waals surface area contributed by atoms with Crippen LogP contribution >= 0.6 is 0 Å². The number of methoxy groups -OCH3 is 2. The number of anilines is 1. The van der Waals surface area contributed by atoms with E-state index in [1.54, 1.807) is 6.92 Å². The molecular formula is C21H42FNO8S. The quantitative estimate of drug-likeness (QED) is 0.432. The minimum absolute atomic E-state index is 0. The van der Waals surface area contributed by atoms with Crippen molar-refractivity contribution in [3.05, 3.63) is 24.3 Å². The van der Waals surface area contributed by atoms with Crippen LogP contribution in [0.1, 0.15) is 57.4 Å². The second-order valence-corrected chi connectivity index (χ2v) is 7.10. The molecule has 1 aromatic carbocycles. The number of carbonyl (C=O) groups is 3. The van der Waals surface area contributed by atoms with Gasteiger partial charge in [-0.1, -0.05) is 41.8 Å². The van der Waals surface area contributed by atoms with E-state index in [0.29, 0.717) is 0 Å². The molecule has 2 N–H and O–H groups in total. The Labute approximate surface area is 193 Å². The average molecular weight is 488 g/mol. The second-order valence-electron chi connectivity index (χ2n) is 5.71. The highest BCUT2D eigenvalue weighted by molar-refractivity contribution is 7.86. The van der Waals surface area contributed by atoms with Gasteiger partial charge in [-0.15, -0.1) is 0 Å². The first-order valence-corrected chi connectivity index (χ1v) is 9.22. The van der Waals surface area contributed by atoms with Crippen LogP contribution in [0, 0.1) is 0 Å². The maximum atomic E-state index is 12.1. The third kappa shape index (κ3) is 12.6. The molecule has 0 heterocycles. The van der Waals surface area contributed by atoms with Gasteiger partial charge in [0.2, 0.25) is 5.60 Å². The van der Waals surface area contributed by atoms with Crippen molar-refractivity contribution in [2.24, 2.45) is 0 Å². The van der Waals surface area contributed by atoms with Crippen LogP contribution in [0.15, 0.2) is 29.2 Å². The number of rotatable bonds is 7. The summed E-state index contributed by atoms with van der Waals surface area (Å²) < 4.78 is 41.0. The zero-order valence-corrected chi connectivity index (χ0v) is 17.3. The number of hydrogen-bond donors (Lipinski definition) is 2. The lowest BCUT2D eigenvalue weighted by Gasteiger charge is -2.24. The van der Waals surface area contributed by atoms with Crippen LogP contribution in [0.4, 0.5) is 10.4 Å². The third-order valence-electron chi connectivity index (χ3n) is 3.85. The van der Waals surface area contributed by atoms with Crippen molar-refractivity contribution >= 4 is 33.3 Å². The predicted molar refractivity (Wildman–Crippen MR) is 128 cm³/mol. The average Bonchev–Trinajstić information content (AvgIpc) is 2.59. The van der Waals surface area contributed by atoms with E-state index in [-0.39, 0.29) is 52.0 Å². The summed E-state index contributed by atoms with van der Waals surface area (Å²) >= 11 is 0. The molecule has 0 radical (unpaired) electrons. The molecule has 1 amide bonds. The maximum absolute atomic E-state index is 12.1. The number of hydrogen-bond acceptors (Lipinski definition) is 7. The molecule has 11 heteroatoms. The first-order chi connectivity index (χ1) is 12.3. The van der Waals surface area contributed by atoms with Crippen molar-refractivity contribution in [3.8, 4) is 0 Å². The fraction of sp³-hybridized carbons (Fsp3) is 0.571. The van der Waals surface area contributed by atoms with Crippen LogP contribution in [0.25, 0.3) is 0 Å². The van der Waals surface area contributed by atoms with Gasteiger partial charge in [-0.3, -0.25) is 23.6 Å². The number of Topliss-reactive ketones (excluding diaryl/α,β-unsaturated/α-hetero) is 2. The van der Waals surface area contributed by atoms with Gasteiger partial charge in [-0.05, 0) is 39.8 Å². The number of nitrogens with one attached hydrogen (secondary N) is 1. The van der Waals surface area contributed by atoms with Crippen molar-refractivity contribution in [2.75, 3.05) is 19.5 Å². The van der Waals surface area contributed by atoms with Crippen LogP contribution < -0.4 is 5.32 Å². The summed E-state index contributed by atoms with van der Waals surface area (Å²) in [6.07, 6.45) is -0.236. The number of ether oxygens (including phenoxy) is 2. The minimum atomic E-state index is -4.49. The normalized spacial score (nSPS) is 12.0. The molecule has 0 aliphatic heterocycles. The Morgan fingerprint density at radius 2 is 1.47 bits per heavy atom. The Balaban J connectivity index is -0.000000124. The molecule has 0 spiro atoms. The maximum Gasteiger partial charge on any atom is 0.296 e. The number of carbonyl (C=O) groups excluding carboxylic acids is 3. The summed E-state index contributed by atoms with van der Waals surface area (Å²) in [5, 5.41) is 2.27. The Kier molecular flexibility index (Phi) is 25.0. The van der Waals surface area contributed by atoms with Crippen LogP contribution in [0.5, 0.6) is 0 Å². The van der Waals surface area contributed by atoms with Crippen LogP contribution in [-0.4, -0.2) is 56.4 Å². The first-order valence-electron chi connectivity index (χ1n) is 7.78. The van der Waals surface area contributed by atoms with E-state index in [1.165, 1.54) is 53.2 Å². The number of amides is 1. The smallest absolute Gasteiger partial charge is 0.296 e. The molecule has 1 aromatic rings. The number of halogens is 1. The van der Waals surface area contributed by atoms with Crippen LogP contribution in [0.2, 0.25) is 0 Å². The van der Waals surface area contributed by atoms with Crippen molar-refractivity contribution < 1.29 is 41.5 Å². The molecule has 0 aliphatic carbocycles. The summed E-state index contributed by atoms with van der Waals surface area (Å²) in [5.41, 5.74) is -1.88. The van der Waals surface area contributed by atoms with Gasteiger partial charge in [0, 0.05) is 14.2 Å². The van der Waals surface area contributed by atoms with Crippen molar-refractivity contribution in [1.29, 1.82) is 0 Å². The Morgan fingerprint density at radius 3 is 1.75 bits per heavy atom. The van der Waals surface area contributed by atoms with Crippen molar-refractivity contribution in [2.45, 2.75) is 74.0 Å². The van der Waals surface area contributed by atoms with Crippen LogP contribution in [-0.2, 0) is 34.0 Å². The lowest BCUT2D eigenvalue weighted by Crippen LogP contribution is -2.47. The summed E-state index contributed by atoms with van der Waals surface area (Å²) in [6, 6.07) is 5.28. The summed E-state index contributed by atoms with van der Waals surface area (Å²) in [4.78, 5) is 33.3. The number of ketones is 2. The summed E-state index contributed by atoms with van der Waals surface area (Å²) in [5.74, 6) is -1.30. The van der Waals surface area contributed by atoms with Crippen LogP contribution in [0.3, 0.4) is 0 Å². The van der Waals surface area contributed by atoms with Gasteiger partial charge in [0.1, 0.15) is 11.0 Å². The number of para-hydroxylation sites is 1. The summed E-state index contributed by atoms with van der Waals surface area (Å²) in [7, 11) is -1.78. The van der Waals surface area contributed by atoms with E-state index >= 15 is 0 Å². The molecule has 0 bridgehead atoms. The molecule has 32 heavy (non-hydrogen) atoms. The predicted octanol–water partition coefficient (Wildman–Crippen LogP) is 4.17. The monoisotopic (exact) mass is 487 g/mol. The SMILES string of the molecule is C.C.C.C.COC(C)(C(C)=O)C(=O)Nc1ccccc1S(=O)(=O)O.COC(C)C(C)=O.F. The molecule has 9 nitrogen and oxygen atoms in total. The molecule has 0 aromatic heterocycles. The molecule has 0 saturated heterocycles. The topological polar surface area (TPSA) is 136 Å². The Morgan fingerprint density at radius 1 is 1.03 bits per heavy atom. The Bertz CT molecular complexity index is 799. The molecule has 2 unspecified atom stereocenters. The molecule has 192 valence electrons. The van der Waals surface area contributed by atoms with E-state index in [0.717, 1.165) is 6.07 Å². The fourth-order valence-electron chi connectivity index (χ4n) is 1.60. The van der Waals surface area contributed by atoms with E-state index in [4.69, 9.17) is 9.29 Å². The van der Waals surface area contributed by atoms with E-state index in [2.05, 4.69) is 10.1 Å². The largest absolute Gasteiger partial charge is 0.374 e. The van der Waals surface area contributed by atoms with Gasteiger partial charge in [-0.2, -0.15) is 8.42 Å². The molecule has 0 saturated carbocycles. The second kappa shape index (κ2) is 18.4. The lowest BCUT2D eigenvalue weighted by molar-refractivity contribution is -0.149. The fourth-order valence-corrected chi connectivity index (χ4v) is 2.25. The minimum Gasteiger partial charge on any atom is -0.374 e. The molecule has 0 aliphatic rings. The highest BCUT2D eigenvalue weighted by Crippen LogP contribution is 2.22. The molecular weight excluding hydrogens is 445 g/mol. The highest BCUT2D eigenvalue weighted by Gasteiger charge is 2.39. The van der Waals surface area contributed by atoms with E-state index in [1.807, 2.05) is 0 Å². The summed E-state index contributed by atoms with van der Waals surface area (Å²) in [6.45, 7) is 5.68. The van der Waals surface area contributed by atoms with E-state index < -0.39 is 32.3 Å². The molecule has 1 rings (SSSR count). The standard InChI is InChI=1S/C12H15NO6S.C5H10O2.4CH4.FH/c1-8(14)12(2,19-3)11(15)13-9-6-4-5-7-10(9)20(16,17)18;1-4(6)5(2)7-3;;;;;/h4-7H,1-3H3,(H,13,15)(H,16,17,18);5H,1-3H3;4*1H4;1H. The number of benzene rings is 1. The molecule has 0 fully saturated rings. The lowest BCUT2D eigenvalue weighted by atomic mass is 10.0. The van der Waals surface area contributed by atoms with Gasteiger partial charge >= 0.3 is 0 Å². The molecule has 2 atom stereocenters. The van der Waals surface area contributed by atoms with Gasteiger partial charge in [0.05, 0.1) is 5.69 Å². The van der Waals surface area contributed by atoms with Gasteiger partial charge in [0.25, 0.3) is 16.0 Å². The zero-order valence-electron chi connectivity index (χ0n) is 16.5. The van der Waals surface area contributed by atoms with Crippen molar-refractivity contribution in [1.82, 2.24) is 0 Å². The first kappa shape index (κ1) is 43.6. The zero-order chi connectivity index (χ0) is 21.4. The Hall–Kier alpha value is -2.21. The van der Waals surface area contributed by atoms with Gasteiger partial charge in [0.15, 0.2) is 11.6 Å². The third-order valence-corrected chi connectivity index (χ3v) is 4.76. The van der Waals surface area contributed by atoms with Gasteiger partial charge < -0.3 is 14.8 Å². The van der Waals surface area contributed by atoms with E-state index in [9.17, 15) is 22.8 Å². The highest BCUT2D eigenvalue weighted by atomic mass is 32.2. The van der Waals surface area contributed by atoms with Gasteiger partial charge in [-0.25, -0.2) is 0 Å². The van der Waals surface area contributed by atoms with Crippen molar-refractivity contribution in [3.63, 3.8) is 0 Å².